The Labute approximate surface area is 89.3 Å². The highest BCUT2D eigenvalue weighted by Gasteiger charge is 2.71. The lowest BCUT2D eigenvalue weighted by atomic mass is 9.41. The summed E-state index contributed by atoms with van der Waals surface area (Å²) in [5.41, 5.74) is -0.374. The van der Waals surface area contributed by atoms with E-state index in [1.807, 2.05) is 0 Å². The molecule has 0 N–H and O–H groups in total. The topological polar surface area (TPSA) is 36.7 Å². The molecule has 72 valence electrons. The number of rotatable bonds is 1. The third-order valence-corrected chi connectivity index (χ3v) is 4.24. The Morgan fingerprint density at radius 3 is 2.64 bits per heavy atom. The molecule has 2 nitrogen and oxygen atoms in total. The lowest BCUT2D eigenvalue weighted by Gasteiger charge is -2.65. The normalized spacial score (nSPS) is 38.4. The monoisotopic (exact) mass is 228 g/mol. The largest absolute Gasteiger partial charge is 0.244 e. The molecule has 0 radical (unpaired) electrons. The number of hydrogen-bond donors (Lipinski definition) is 0. The maximum atomic E-state index is 13.3. The van der Waals surface area contributed by atoms with Gasteiger partial charge in [-0.15, -0.1) is 0 Å². The van der Waals surface area contributed by atoms with Crippen LogP contribution < -0.4 is 0 Å². The molecule has 3 aliphatic carbocycles. The summed E-state index contributed by atoms with van der Waals surface area (Å²) in [6, 6.07) is 2.08. The molecule has 0 saturated heterocycles. The summed E-state index contributed by atoms with van der Waals surface area (Å²) in [5, 5.41) is 8.86. The van der Waals surface area contributed by atoms with Gasteiger partial charge >= 0.3 is 0 Å². The summed E-state index contributed by atoms with van der Waals surface area (Å²) in [7, 11) is 0. The maximum Gasteiger partial charge on any atom is 0.185 e. The van der Waals surface area contributed by atoms with Crippen LogP contribution in [0.2, 0.25) is 4.47 Å². The van der Waals surface area contributed by atoms with Crippen LogP contribution in [0.15, 0.2) is 0 Å². The van der Waals surface area contributed by atoms with Gasteiger partial charge < -0.3 is 0 Å². The Morgan fingerprint density at radius 1 is 1.50 bits per heavy atom. The van der Waals surface area contributed by atoms with Crippen LogP contribution in [0.4, 0.5) is 4.39 Å². The van der Waals surface area contributed by atoms with Crippen molar-refractivity contribution in [3.63, 3.8) is 0 Å². The van der Waals surface area contributed by atoms with E-state index < -0.39 is 5.67 Å². The third kappa shape index (κ3) is 0.870. The first-order valence-electron chi connectivity index (χ1n) is 4.33. The smallest absolute Gasteiger partial charge is 0.185 e. The second-order valence-corrected chi connectivity index (χ2v) is 5.80. The van der Waals surface area contributed by atoms with Crippen LogP contribution in [-0.2, 0) is 5.41 Å². The predicted molar refractivity (Wildman–Crippen MR) is 51.2 cm³/mol. The van der Waals surface area contributed by atoms with Gasteiger partial charge in [0, 0.05) is 5.41 Å². The van der Waals surface area contributed by atoms with Crippen molar-refractivity contribution < 1.29 is 4.39 Å². The van der Waals surface area contributed by atoms with Crippen molar-refractivity contribution in [2.45, 2.75) is 30.3 Å². The highest BCUT2D eigenvalue weighted by atomic mass is 35.5. The van der Waals surface area contributed by atoms with E-state index in [9.17, 15) is 4.39 Å². The number of alkyl halides is 1. The van der Waals surface area contributed by atoms with E-state index in [-0.39, 0.29) is 5.41 Å². The van der Waals surface area contributed by atoms with Gasteiger partial charge in [-0.25, -0.2) is 9.37 Å². The molecule has 14 heavy (non-hydrogen) atoms. The fourth-order valence-electron chi connectivity index (χ4n) is 2.64. The minimum absolute atomic E-state index is 0.149. The molecule has 2 bridgehead atoms. The molecule has 1 aromatic rings. The Balaban J connectivity index is 2.02. The predicted octanol–water partition coefficient (Wildman–Crippen LogP) is 2.81. The number of aromatic nitrogens is 1. The fraction of sp³-hybridized carbons (Fsp3) is 0.556. The molecule has 1 heterocycles. The highest BCUT2D eigenvalue weighted by Crippen LogP contribution is 2.70. The second-order valence-electron chi connectivity index (χ2n) is 4.22. The summed E-state index contributed by atoms with van der Waals surface area (Å²) >= 11 is 6.93. The third-order valence-electron chi connectivity index (χ3n) is 3.17. The van der Waals surface area contributed by atoms with Crippen molar-refractivity contribution in [3.8, 4) is 6.07 Å². The first-order chi connectivity index (χ1) is 6.57. The molecule has 5 heteroatoms. The Kier molecular flexibility index (Phi) is 1.41. The van der Waals surface area contributed by atoms with Gasteiger partial charge in [0.2, 0.25) is 0 Å². The lowest BCUT2D eigenvalue weighted by Crippen LogP contribution is -2.67. The maximum absolute atomic E-state index is 13.3. The van der Waals surface area contributed by atoms with Gasteiger partial charge in [0.15, 0.2) is 4.47 Å². The van der Waals surface area contributed by atoms with Gasteiger partial charge in [0.05, 0.1) is 5.69 Å². The van der Waals surface area contributed by atoms with E-state index in [0.29, 0.717) is 28.6 Å². The lowest BCUT2D eigenvalue weighted by molar-refractivity contribution is -0.159. The molecule has 0 aromatic carbocycles. The average molecular weight is 229 g/mol. The zero-order valence-corrected chi connectivity index (χ0v) is 8.75. The Bertz CT molecular complexity index is 442. The molecule has 0 unspecified atom stereocenters. The van der Waals surface area contributed by atoms with Crippen LogP contribution in [-0.4, -0.2) is 10.7 Å². The minimum Gasteiger partial charge on any atom is -0.244 e. The van der Waals surface area contributed by atoms with E-state index in [4.69, 9.17) is 16.9 Å². The standard InChI is InChI=1S/C9H6ClFN2S/c10-7-13-6(5(1-12)14-7)8-2-9(11,3-8)4-8/h2-4H2. The minimum atomic E-state index is -0.956. The van der Waals surface area contributed by atoms with Crippen LogP contribution in [0, 0.1) is 11.3 Å². The number of halogens is 2. The molecule has 0 spiro atoms. The van der Waals surface area contributed by atoms with Crippen molar-refractivity contribution in [1.82, 2.24) is 4.98 Å². The fourth-order valence-corrected chi connectivity index (χ4v) is 3.67. The van der Waals surface area contributed by atoms with Gasteiger partial charge in [-0.3, -0.25) is 0 Å². The van der Waals surface area contributed by atoms with Gasteiger partial charge in [-0.1, -0.05) is 22.9 Å². The molecule has 0 aliphatic heterocycles. The molecule has 1 aromatic heterocycles. The molecular weight excluding hydrogens is 223 g/mol. The molecule has 3 saturated carbocycles. The molecule has 0 atom stereocenters. The number of nitriles is 1. The van der Waals surface area contributed by atoms with E-state index in [2.05, 4.69) is 11.1 Å². The van der Waals surface area contributed by atoms with Crippen LogP contribution in [0.3, 0.4) is 0 Å². The Hall–Kier alpha value is -0.660. The van der Waals surface area contributed by atoms with Crippen LogP contribution in [0.5, 0.6) is 0 Å². The molecule has 3 fully saturated rings. The number of nitrogens with zero attached hydrogens (tertiary/aromatic N) is 2. The SMILES string of the molecule is N#Cc1sc(Cl)nc1C12CC(F)(C1)C2. The highest BCUT2D eigenvalue weighted by molar-refractivity contribution is 7.16. The summed E-state index contributed by atoms with van der Waals surface area (Å²) < 4.78 is 13.7. The van der Waals surface area contributed by atoms with E-state index >= 15 is 0 Å². The second kappa shape index (κ2) is 2.29. The molecule has 3 aliphatic rings. The zero-order valence-electron chi connectivity index (χ0n) is 7.18. The van der Waals surface area contributed by atoms with Gasteiger partial charge in [-0.2, -0.15) is 5.26 Å². The summed E-state index contributed by atoms with van der Waals surface area (Å²) in [6.45, 7) is 0. The summed E-state index contributed by atoms with van der Waals surface area (Å²) in [6.07, 6.45) is 1.57. The number of thiazole rings is 1. The zero-order chi connectivity index (χ0) is 9.97. The quantitative estimate of drug-likeness (QED) is 0.741. The first-order valence-corrected chi connectivity index (χ1v) is 5.52. The summed E-state index contributed by atoms with van der Waals surface area (Å²) in [5.74, 6) is 0. The van der Waals surface area contributed by atoms with Crippen molar-refractivity contribution in [1.29, 1.82) is 5.26 Å². The first kappa shape index (κ1) is 8.63. The van der Waals surface area contributed by atoms with Crippen molar-refractivity contribution in [3.05, 3.63) is 15.0 Å². The van der Waals surface area contributed by atoms with Gasteiger partial charge in [0.25, 0.3) is 0 Å². The van der Waals surface area contributed by atoms with Crippen molar-refractivity contribution in [2.24, 2.45) is 0 Å². The van der Waals surface area contributed by atoms with E-state index in [1.165, 1.54) is 11.3 Å². The average Bonchev–Trinajstić information content (AvgIpc) is 2.39. The number of hydrogen-bond acceptors (Lipinski definition) is 3. The van der Waals surface area contributed by atoms with Crippen LogP contribution in [0.25, 0.3) is 0 Å². The van der Waals surface area contributed by atoms with E-state index in [0.717, 1.165) is 5.69 Å². The molecular formula is C9H6ClFN2S. The van der Waals surface area contributed by atoms with Gasteiger partial charge in [0.1, 0.15) is 16.6 Å². The van der Waals surface area contributed by atoms with E-state index in [1.54, 1.807) is 0 Å². The Morgan fingerprint density at radius 2 is 2.14 bits per heavy atom. The van der Waals surface area contributed by atoms with Gasteiger partial charge in [-0.05, 0) is 19.3 Å². The van der Waals surface area contributed by atoms with Crippen molar-refractivity contribution in [2.75, 3.05) is 0 Å². The molecule has 0 amide bonds. The molecule has 4 rings (SSSR count). The summed E-state index contributed by atoms with van der Waals surface area (Å²) in [4.78, 5) is 4.69. The van der Waals surface area contributed by atoms with Crippen molar-refractivity contribution >= 4 is 22.9 Å². The van der Waals surface area contributed by atoms with Crippen LogP contribution >= 0.6 is 22.9 Å². The van der Waals surface area contributed by atoms with Crippen LogP contribution in [0.1, 0.15) is 29.8 Å².